The van der Waals surface area contributed by atoms with Gasteiger partial charge >= 0.3 is 0 Å². The molecule has 1 N–H and O–H groups in total. The summed E-state index contributed by atoms with van der Waals surface area (Å²) < 4.78 is 0. The number of carbonyl (C=O) groups is 2. The maximum absolute atomic E-state index is 12.7. The molecular weight excluding hydrogens is 398 g/mol. The number of carbonyl (C=O) groups excluding carboxylic acids is 2. The van der Waals surface area contributed by atoms with E-state index in [9.17, 15) is 9.59 Å². The maximum atomic E-state index is 12.7. The number of nitrogens with one attached hydrogen (secondary N) is 1. The van der Waals surface area contributed by atoms with Crippen LogP contribution in [0.4, 0.5) is 0 Å². The van der Waals surface area contributed by atoms with Crippen molar-refractivity contribution in [3.8, 4) is 0 Å². The van der Waals surface area contributed by atoms with Crippen molar-refractivity contribution in [1.29, 1.82) is 0 Å². The first-order valence-corrected chi connectivity index (χ1v) is 11.0. The fourth-order valence-corrected chi connectivity index (χ4v) is 4.58. The van der Waals surface area contributed by atoms with E-state index in [1.54, 1.807) is 4.90 Å². The number of nitrogens with zero attached hydrogens (tertiary/aromatic N) is 2. The van der Waals surface area contributed by atoms with Gasteiger partial charge in [0.2, 0.25) is 5.91 Å². The number of benzene rings is 2. The Morgan fingerprint density at radius 2 is 1.93 bits per heavy atom. The van der Waals surface area contributed by atoms with E-state index in [1.807, 2.05) is 49.4 Å². The molecule has 1 atom stereocenters. The van der Waals surface area contributed by atoms with Crippen LogP contribution in [0.15, 0.2) is 48.5 Å². The Morgan fingerprint density at radius 3 is 2.67 bits per heavy atom. The predicted octanol–water partition coefficient (Wildman–Crippen LogP) is 3.71. The molecule has 0 spiro atoms. The third-order valence-corrected chi connectivity index (χ3v) is 6.50. The van der Waals surface area contributed by atoms with Gasteiger partial charge in [0.05, 0.1) is 0 Å². The van der Waals surface area contributed by atoms with Crippen molar-refractivity contribution in [2.45, 2.75) is 38.9 Å². The SMILES string of the molecule is C[C@@H](C(=O)NCC1CCN(Cc2cccc(Cl)c2)CC1)N1Cc2ccccc2C1=O. The molecule has 0 aliphatic carbocycles. The maximum Gasteiger partial charge on any atom is 0.255 e. The van der Waals surface area contributed by atoms with Crippen LogP contribution in [-0.4, -0.2) is 47.3 Å². The lowest BCUT2D eigenvalue weighted by Gasteiger charge is -2.32. The molecule has 158 valence electrons. The van der Waals surface area contributed by atoms with E-state index in [4.69, 9.17) is 11.6 Å². The summed E-state index contributed by atoms with van der Waals surface area (Å²) in [5.41, 5.74) is 2.94. The van der Waals surface area contributed by atoms with E-state index in [2.05, 4.69) is 16.3 Å². The number of fused-ring (bicyclic) bond motifs is 1. The predicted molar refractivity (Wildman–Crippen MR) is 118 cm³/mol. The first-order chi connectivity index (χ1) is 14.5. The van der Waals surface area contributed by atoms with E-state index in [-0.39, 0.29) is 11.8 Å². The molecule has 2 aliphatic heterocycles. The Morgan fingerprint density at radius 1 is 1.17 bits per heavy atom. The molecule has 30 heavy (non-hydrogen) atoms. The van der Waals surface area contributed by atoms with Gasteiger partial charge in [0.15, 0.2) is 0 Å². The van der Waals surface area contributed by atoms with Crippen molar-refractivity contribution in [2.75, 3.05) is 19.6 Å². The van der Waals surface area contributed by atoms with E-state index >= 15 is 0 Å². The van der Waals surface area contributed by atoms with Gasteiger partial charge in [0, 0.05) is 30.2 Å². The summed E-state index contributed by atoms with van der Waals surface area (Å²) in [6.07, 6.45) is 2.12. The van der Waals surface area contributed by atoms with Crippen LogP contribution < -0.4 is 5.32 Å². The number of halogens is 1. The van der Waals surface area contributed by atoms with Crippen LogP contribution in [0.5, 0.6) is 0 Å². The lowest BCUT2D eigenvalue weighted by molar-refractivity contribution is -0.125. The number of hydrogen-bond donors (Lipinski definition) is 1. The number of rotatable bonds is 6. The Hall–Kier alpha value is -2.37. The quantitative estimate of drug-likeness (QED) is 0.767. The first-order valence-electron chi connectivity index (χ1n) is 10.6. The lowest BCUT2D eigenvalue weighted by atomic mass is 9.96. The fourth-order valence-electron chi connectivity index (χ4n) is 4.37. The molecule has 2 amide bonds. The summed E-state index contributed by atoms with van der Waals surface area (Å²) in [6, 6.07) is 15.1. The summed E-state index contributed by atoms with van der Waals surface area (Å²) in [5, 5.41) is 3.86. The third kappa shape index (κ3) is 4.68. The fraction of sp³-hybridized carbons (Fsp3) is 0.417. The molecule has 2 aromatic rings. The van der Waals surface area contributed by atoms with Crippen molar-refractivity contribution in [3.63, 3.8) is 0 Å². The van der Waals surface area contributed by atoms with Crippen LogP contribution >= 0.6 is 11.6 Å². The zero-order valence-electron chi connectivity index (χ0n) is 17.3. The minimum atomic E-state index is -0.465. The minimum Gasteiger partial charge on any atom is -0.354 e. The number of piperidine rings is 1. The number of likely N-dealkylation sites (tertiary alicyclic amines) is 1. The molecular formula is C24H28ClN3O2. The second kappa shape index (κ2) is 9.19. The molecule has 0 unspecified atom stereocenters. The summed E-state index contributed by atoms with van der Waals surface area (Å²) in [5.74, 6) is 0.350. The number of amides is 2. The second-order valence-electron chi connectivity index (χ2n) is 8.36. The molecule has 2 aromatic carbocycles. The van der Waals surface area contributed by atoms with Crippen LogP contribution in [0.2, 0.25) is 5.02 Å². The molecule has 5 nitrogen and oxygen atoms in total. The van der Waals surface area contributed by atoms with E-state index in [0.29, 0.717) is 24.6 Å². The van der Waals surface area contributed by atoms with Crippen LogP contribution in [0.3, 0.4) is 0 Å². The van der Waals surface area contributed by atoms with Crippen molar-refractivity contribution in [3.05, 3.63) is 70.2 Å². The smallest absolute Gasteiger partial charge is 0.255 e. The van der Waals surface area contributed by atoms with Crippen molar-refractivity contribution in [1.82, 2.24) is 15.1 Å². The molecule has 0 aromatic heterocycles. The Balaban J connectivity index is 1.22. The highest BCUT2D eigenvalue weighted by atomic mass is 35.5. The molecule has 0 saturated carbocycles. The minimum absolute atomic E-state index is 0.0532. The van der Waals surface area contributed by atoms with E-state index < -0.39 is 6.04 Å². The highest BCUT2D eigenvalue weighted by molar-refractivity contribution is 6.30. The Bertz CT molecular complexity index is 924. The topological polar surface area (TPSA) is 52.7 Å². The molecule has 6 heteroatoms. The van der Waals surface area contributed by atoms with Gasteiger partial charge in [-0.3, -0.25) is 14.5 Å². The van der Waals surface area contributed by atoms with Gasteiger partial charge in [-0.25, -0.2) is 0 Å². The Labute approximate surface area is 183 Å². The zero-order valence-corrected chi connectivity index (χ0v) is 18.1. The largest absolute Gasteiger partial charge is 0.354 e. The van der Waals surface area contributed by atoms with E-state index in [1.165, 1.54) is 5.56 Å². The normalized spacial score (nSPS) is 18.3. The zero-order chi connectivity index (χ0) is 21.1. The van der Waals surface area contributed by atoms with Crippen LogP contribution in [-0.2, 0) is 17.9 Å². The summed E-state index contributed by atoms with van der Waals surface area (Å²) in [6.45, 7) is 5.93. The van der Waals surface area contributed by atoms with Gasteiger partial charge in [0.25, 0.3) is 5.91 Å². The van der Waals surface area contributed by atoms with Crippen LogP contribution in [0.1, 0.15) is 41.3 Å². The summed E-state index contributed by atoms with van der Waals surface area (Å²) in [7, 11) is 0. The average molecular weight is 426 g/mol. The third-order valence-electron chi connectivity index (χ3n) is 6.26. The molecule has 0 radical (unpaired) electrons. The second-order valence-corrected chi connectivity index (χ2v) is 8.80. The molecule has 1 fully saturated rings. The van der Waals surface area contributed by atoms with Gasteiger partial charge in [-0.05, 0) is 68.1 Å². The van der Waals surface area contributed by atoms with Gasteiger partial charge in [-0.1, -0.05) is 41.9 Å². The summed E-state index contributed by atoms with van der Waals surface area (Å²) >= 11 is 6.08. The van der Waals surface area contributed by atoms with Gasteiger partial charge < -0.3 is 10.2 Å². The summed E-state index contributed by atoms with van der Waals surface area (Å²) in [4.78, 5) is 29.4. The van der Waals surface area contributed by atoms with Gasteiger partial charge in [-0.2, -0.15) is 0 Å². The van der Waals surface area contributed by atoms with E-state index in [0.717, 1.165) is 43.1 Å². The van der Waals surface area contributed by atoms with Crippen LogP contribution in [0, 0.1) is 5.92 Å². The first kappa shape index (κ1) is 20.9. The highest BCUT2D eigenvalue weighted by Gasteiger charge is 2.33. The van der Waals surface area contributed by atoms with Crippen molar-refractivity contribution >= 4 is 23.4 Å². The van der Waals surface area contributed by atoms with Crippen molar-refractivity contribution in [2.24, 2.45) is 5.92 Å². The molecule has 4 rings (SSSR count). The van der Waals surface area contributed by atoms with Crippen LogP contribution in [0.25, 0.3) is 0 Å². The Kier molecular flexibility index (Phi) is 6.40. The number of hydrogen-bond acceptors (Lipinski definition) is 3. The molecule has 2 heterocycles. The van der Waals surface area contributed by atoms with Crippen molar-refractivity contribution < 1.29 is 9.59 Å². The molecule has 1 saturated heterocycles. The standard InChI is InChI=1S/C24H28ClN3O2/c1-17(28-16-20-6-2-3-8-22(20)24(28)30)23(29)26-14-18-9-11-27(12-10-18)15-19-5-4-7-21(25)13-19/h2-8,13,17-18H,9-12,14-16H2,1H3,(H,26,29)/t17-/m0/s1. The highest BCUT2D eigenvalue weighted by Crippen LogP contribution is 2.24. The van der Waals surface area contributed by atoms with Gasteiger partial charge in [-0.15, -0.1) is 0 Å². The molecule has 0 bridgehead atoms. The van der Waals surface area contributed by atoms with Gasteiger partial charge in [0.1, 0.15) is 6.04 Å². The lowest BCUT2D eigenvalue weighted by Crippen LogP contribution is -2.47. The molecule has 2 aliphatic rings. The average Bonchev–Trinajstić information content (AvgIpc) is 3.09. The monoisotopic (exact) mass is 425 g/mol.